The molecule has 0 fully saturated rings. The highest BCUT2D eigenvalue weighted by Gasteiger charge is 2.06. The van der Waals surface area contributed by atoms with E-state index in [0.717, 1.165) is 16.7 Å². The Bertz CT molecular complexity index is 703. The number of hydrogen-bond acceptors (Lipinski definition) is 1. The second-order valence-electron chi connectivity index (χ2n) is 4.18. The number of aromatic nitrogens is 1. The van der Waals surface area contributed by atoms with Gasteiger partial charge in [-0.05, 0) is 30.3 Å². The average molecular weight is 241 g/mol. The van der Waals surface area contributed by atoms with Crippen molar-refractivity contribution in [1.29, 1.82) is 0 Å². The highest BCUT2D eigenvalue weighted by atomic mass is 19.1. The van der Waals surface area contributed by atoms with Crippen LogP contribution in [0, 0.1) is 5.82 Å². The molecule has 2 aromatic carbocycles. The van der Waals surface area contributed by atoms with Gasteiger partial charge < -0.3 is 9.30 Å². The van der Waals surface area contributed by atoms with Gasteiger partial charge >= 0.3 is 0 Å². The first-order valence-electron chi connectivity index (χ1n) is 5.71. The number of hydrogen-bond donors (Lipinski definition) is 0. The van der Waals surface area contributed by atoms with Gasteiger partial charge in [0.1, 0.15) is 17.3 Å². The highest BCUT2D eigenvalue weighted by molar-refractivity contribution is 5.86. The van der Waals surface area contributed by atoms with Crippen molar-refractivity contribution in [3.8, 4) is 11.5 Å². The fraction of sp³-hybridized carbons (Fsp3) is 0.0667. The van der Waals surface area contributed by atoms with Gasteiger partial charge in [-0.3, -0.25) is 0 Å². The predicted molar refractivity (Wildman–Crippen MR) is 69.4 cm³/mol. The van der Waals surface area contributed by atoms with Crippen molar-refractivity contribution < 1.29 is 9.13 Å². The van der Waals surface area contributed by atoms with E-state index in [4.69, 9.17) is 4.74 Å². The van der Waals surface area contributed by atoms with Crippen molar-refractivity contribution in [2.24, 2.45) is 7.05 Å². The number of aryl methyl sites for hydroxylation is 1. The lowest BCUT2D eigenvalue weighted by atomic mass is 10.2. The van der Waals surface area contributed by atoms with E-state index in [1.165, 1.54) is 12.1 Å². The summed E-state index contributed by atoms with van der Waals surface area (Å²) in [4.78, 5) is 0. The third-order valence-electron chi connectivity index (χ3n) is 2.91. The maximum Gasteiger partial charge on any atom is 0.136 e. The van der Waals surface area contributed by atoms with Crippen LogP contribution in [0.3, 0.4) is 0 Å². The molecule has 1 heterocycles. The summed E-state index contributed by atoms with van der Waals surface area (Å²) >= 11 is 0. The zero-order valence-electron chi connectivity index (χ0n) is 9.93. The van der Waals surface area contributed by atoms with Crippen LogP contribution in [0.15, 0.2) is 54.7 Å². The highest BCUT2D eigenvalue weighted by Crippen LogP contribution is 2.30. The van der Waals surface area contributed by atoms with Crippen molar-refractivity contribution in [3.63, 3.8) is 0 Å². The molecule has 18 heavy (non-hydrogen) atoms. The van der Waals surface area contributed by atoms with Gasteiger partial charge in [0.15, 0.2) is 0 Å². The molecule has 0 aliphatic heterocycles. The van der Waals surface area contributed by atoms with E-state index in [1.54, 1.807) is 12.1 Å². The molecule has 3 aromatic rings. The Morgan fingerprint density at radius 2 is 1.89 bits per heavy atom. The van der Waals surface area contributed by atoms with E-state index in [2.05, 4.69) is 0 Å². The maximum absolute atomic E-state index is 13.1. The Labute approximate surface area is 104 Å². The number of benzene rings is 2. The number of ether oxygens (including phenoxy) is 1. The quantitative estimate of drug-likeness (QED) is 0.658. The fourth-order valence-corrected chi connectivity index (χ4v) is 2.02. The minimum Gasteiger partial charge on any atom is -0.457 e. The third-order valence-corrected chi connectivity index (χ3v) is 2.91. The van der Waals surface area contributed by atoms with E-state index in [0.29, 0.717) is 5.75 Å². The molecule has 0 saturated carbocycles. The molecule has 3 heteroatoms. The molecule has 0 unspecified atom stereocenters. The van der Waals surface area contributed by atoms with Crippen LogP contribution >= 0.6 is 0 Å². The average Bonchev–Trinajstić information content (AvgIpc) is 2.73. The number of rotatable bonds is 2. The number of fused-ring (bicyclic) bond motifs is 1. The van der Waals surface area contributed by atoms with Gasteiger partial charge in [-0.25, -0.2) is 4.39 Å². The Morgan fingerprint density at radius 1 is 1.06 bits per heavy atom. The summed E-state index contributed by atoms with van der Waals surface area (Å²) in [6.07, 6.45) is 1.98. The van der Waals surface area contributed by atoms with Gasteiger partial charge in [-0.1, -0.05) is 12.1 Å². The van der Waals surface area contributed by atoms with Crippen LogP contribution in [0.2, 0.25) is 0 Å². The second-order valence-corrected chi connectivity index (χ2v) is 4.18. The van der Waals surface area contributed by atoms with Gasteiger partial charge in [0.05, 0.1) is 5.52 Å². The van der Waals surface area contributed by atoms with Crippen LogP contribution in [0.4, 0.5) is 4.39 Å². The number of nitrogens with zero attached hydrogens (tertiary/aromatic N) is 1. The first kappa shape index (κ1) is 10.8. The molecule has 0 aliphatic rings. The lowest BCUT2D eigenvalue weighted by Crippen LogP contribution is -1.87. The molecule has 90 valence electrons. The summed E-state index contributed by atoms with van der Waals surface area (Å²) in [5, 5.41) is 1.02. The summed E-state index contributed by atoms with van der Waals surface area (Å²) in [6.45, 7) is 0. The van der Waals surface area contributed by atoms with Gasteiger partial charge in [0.25, 0.3) is 0 Å². The van der Waals surface area contributed by atoms with Crippen LogP contribution in [0.1, 0.15) is 0 Å². The monoisotopic (exact) mass is 241 g/mol. The Hall–Kier alpha value is -2.29. The van der Waals surface area contributed by atoms with Crippen LogP contribution in [0.5, 0.6) is 11.5 Å². The summed E-state index contributed by atoms with van der Waals surface area (Å²) in [6, 6.07) is 14.0. The summed E-state index contributed by atoms with van der Waals surface area (Å²) < 4.78 is 20.9. The molecule has 0 bridgehead atoms. The summed E-state index contributed by atoms with van der Waals surface area (Å²) in [5.41, 5.74) is 1.09. The molecule has 0 saturated heterocycles. The largest absolute Gasteiger partial charge is 0.457 e. The van der Waals surface area contributed by atoms with E-state index in [-0.39, 0.29) is 5.82 Å². The fourth-order valence-electron chi connectivity index (χ4n) is 2.02. The van der Waals surface area contributed by atoms with Crippen LogP contribution < -0.4 is 4.74 Å². The standard InChI is InChI=1S/C15H12FNO/c1-17-9-8-13-14(17)6-3-7-15(13)18-12-5-2-4-11(16)10-12/h2-10H,1H3. The van der Waals surface area contributed by atoms with E-state index in [9.17, 15) is 4.39 Å². The second kappa shape index (κ2) is 4.18. The number of halogens is 1. The van der Waals surface area contributed by atoms with Crippen molar-refractivity contribution in [3.05, 3.63) is 60.5 Å². The Balaban J connectivity index is 2.05. The lowest BCUT2D eigenvalue weighted by Gasteiger charge is -2.07. The molecule has 3 rings (SSSR count). The molecule has 0 atom stereocenters. The van der Waals surface area contributed by atoms with E-state index < -0.39 is 0 Å². The topological polar surface area (TPSA) is 14.2 Å². The van der Waals surface area contributed by atoms with Crippen molar-refractivity contribution in [2.45, 2.75) is 0 Å². The molecule has 0 radical (unpaired) electrons. The molecule has 0 aliphatic carbocycles. The molecule has 2 nitrogen and oxygen atoms in total. The zero-order chi connectivity index (χ0) is 12.5. The van der Waals surface area contributed by atoms with Crippen molar-refractivity contribution in [2.75, 3.05) is 0 Å². The Kier molecular flexibility index (Phi) is 2.52. The van der Waals surface area contributed by atoms with Crippen LogP contribution in [0.25, 0.3) is 10.9 Å². The Morgan fingerprint density at radius 3 is 2.72 bits per heavy atom. The summed E-state index contributed by atoms with van der Waals surface area (Å²) in [7, 11) is 1.98. The minimum absolute atomic E-state index is 0.298. The zero-order valence-corrected chi connectivity index (χ0v) is 9.93. The molecule has 0 spiro atoms. The minimum atomic E-state index is -0.298. The maximum atomic E-state index is 13.1. The third kappa shape index (κ3) is 1.84. The first-order valence-corrected chi connectivity index (χ1v) is 5.71. The van der Waals surface area contributed by atoms with Gasteiger partial charge in [0, 0.05) is 24.7 Å². The van der Waals surface area contributed by atoms with Crippen molar-refractivity contribution >= 4 is 10.9 Å². The van der Waals surface area contributed by atoms with E-state index >= 15 is 0 Å². The molecular formula is C15H12FNO. The van der Waals surface area contributed by atoms with Gasteiger partial charge in [0.2, 0.25) is 0 Å². The molecule has 0 amide bonds. The SMILES string of the molecule is Cn1ccc2c(Oc3cccc(F)c3)cccc21. The lowest BCUT2D eigenvalue weighted by molar-refractivity contribution is 0.482. The normalized spacial score (nSPS) is 10.8. The molecular weight excluding hydrogens is 229 g/mol. The first-order chi connectivity index (χ1) is 8.74. The smallest absolute Gasteiger partial charge is 0.136 e. The van der Waals surface area contributed by atoms with Gasteiger partial charge in [-0.2, -0.15) is 0 Å². The molecule has 1 aromatic heterocycles. The summed E-state index contributed by atoms with van der Waals surface area (Å²) in [5.74, 6) is 0.942. The van der Waals surface area contributed by atoms with Gasteiger partial charge in [-0.15, -0.1) is 0 Å². The van der Waals surface area contributed by atoms with E-state index in [1.807, 2.05) is 42.1 Å². The molecule has 0 N–H and O–H groups in total. The van der Waals surface area contributed by atoms with Crippen molar-refractivity contribution in [1.82, 2.24) is 4.57 Å². The van der Waals surface area contributed by atoms with Crippen LogP contribution in [-0.4, -0.2) is 4.57 Å². The predicted octanol–water partition coefficient (Wildman–Crippen LogP) is 4.11. The van der Waals surface area contributed by atoms with Crippen LogP contribution in [-0.2, 0) is 7.05 Å².